The van der Waals surface area contributed by atoms with Crippen molar-refractivity contribution in [2.75, 3.05) is 33.4 Å². The van der Waals surface area contributed by atoms with Crippen LogP contribution in [0.5, 0.6) is 11.5 Å². The Labute approximate surface area is 188 Å². The molecule has 1 saturated heterocycles. The van der Waals surface area contributed by atoms with Gasteiger partial charge in [-0.1, -0.05) is 18.2 Å². The number of ether oxygens (including phenoxy) is 2. The number of piperazine rings is 1. The number of benzene rings is 2. The first-order valence-electron chi connectivity index (χ1n) is 10.7. The van der Waals surface area contributed by atoms with Gasteiger partial charge in [0, 0.05) is 31.7 Å². The molecular weight excluding hydrogens is 415 g/mol. The Morgan fingerprint density at radius 1 is 1.12 bits per heavy atom. The van der Waals surface area contributed by atoms with E-state index in [1.807, 2.05) is 11.8 Å². The van der Waals surface area contributed by atoms with Gasteiger partial charge in [-0.05, 0) is 49.2 Å². The standard InChI is InChI=1S/C24H31FN2O5/c1-16-12-27(17(2)11-26(16)13-18-4-7-20(25)8-5-18)24(30)15-32-22-9-6-19(21(29)14-28)10-23(22)31-3/h4-10,16-17,21,28-29H,11-15H2,1-3H3/t16-,17+,21?/m0/s1. The second-order valence-corrected chi connectivity index (χ2v) is 8.20. The van der Waals surface area contributed by atoms with E-state index in [9.17, 15) is 14.3 Å². The molecule has 7 nitrogen and oxygen atoms in total. The number of amides is 1. The second kappa shape index (κ2) is 10.8. The first-order valence-corrected chi connectivity index (χ1v) is 10.7. The van der Waals surface area contributed by atoms with Crippen LogP contribution in [0.4, 0.5) is 4.39 Å². The maximum atomic E-state index is 13.2. The summed E-state index contributed by atoms with van der Waals surface area (Å²) in [6.45, 7) is 5.54. The summed E-state index contributed by atoms with van der Waals surface area (Å²) in [7, 11) is 1.48. The molecule has 0 saturated carbocycles. The molecule has 1 aliphatic heterocycles. The van der Waals surface area contributed by atoms with Gasteiger partial charge in [-0.2, -0.15) is 0 Å². The predicted octanol–water partition coefficient (Wildman–Crippen LogP) is 2.36. The van der Waals surface area contributed by atoms with E-state index in [0.717, 1.165) is 5.56 Å². The SMILES string of the molecule is COc1cc(C(O)CO)ccc1OCC(=O)N1C[C@H](C)N(Cc2ccc(F)cc2)C[C@H]1C. The minimum absolute atomic E-state index is 0.00622. The summed E-state index contributed by atoms with van der Waals surface area (Å²) in [6, 6.07) is 11.5. The Bertz CT molecular complexity index is 908. The predicted molar refractivity (Wildman–Crippen MR) is 118 cm³/mol. The fourth-order valence-corrected chi connectivity index (χ4v) is 3.93. The van der Waals surface area contributed by atoms with Crippen LogP contribution in [0.25, 0.3) is 0 Å². The van der Waals surface area contributed by atoms with Crippen molar-refractivity contribution in [3.63, 3.8) is 0 Å². The largest absolute Gasteiger partial charge is 0.493 e. The van der Waals surface area contributed by atoms with Gasteiger partial charge in [-0.15, -0.1) is 0 Å². The van der Waals surface area contributed by atoms with Gasteiger partial charge in [0.25, 0.3) is 5.91 Å². The van der Waals surface area contributed by atoms with Crippen LogP contribution in [-0.4, -0.2) is 71.4 Å². The highest BCUT2D eigenvalue weighted by Crippen LogP contribution is 2.30. The van der Waals surface area contributed by atoms with E-state index in [4.69, 9.17) is 14.6 Å². The number of aliphatic hydroxyl groups is 2. The molecule has 174 valence electrons. The minimum atomic E-state index is -1.01. The highest BCUT2D eigenvalue weighted by atomic mass is 19.1. The fourth-order valence-electron chi connectivity index (χ4n) is 3.93. The van der Waals surface area contributed by atoms with Gasteiger partial charge in [0.05, 0.1) is 13.7 Å². The third-order valence-electron chi connectivity index (χ3n) is 5.83. The molecule has 1 unspecified atom stereocenters. The molecule has 1 heterocycles. The Kier molecular flexibility index (Phi) is 8.06. The van der Waals surface area contributed by atoms with Gasteiger partial charge in [-0.3, -0.25) is 9.69 Å². The summed E-state index contributed by atoms with van der Waals surface area (Å²) in [4.78, 5) is 17.0. The van der Waals surface area contributed by atoms with Crippen molar-refractivity contribution in [1.29, 1.82) is 0 Å². The van der Waals surface area contributed by atoms with Crippen molar-refractivity contribution in [2.45, 2.75) is 38.6 Å². The average Bonchev–Trinajstić information content (AvgIpc) is 2.80. The van der Waals surface area contributed by atoms with Crippen LogP contribution in [0.2, 0.25) is 0 Å². The Morgan fingerprint density at radius 2 is 1.84 bits per heavy atom. The zero-order valence-corrected chi connectivity index (χ0v) is 18.7. The number of methoxy groups -OCH3 is 1. The summed E-state index contributed by atoms with van der Waals surface area (Å²) in [5, 5.41) is 18.9. The van der Waals surface area contributed by atoms with E-state index in [1.54, 1.807) is 30.3 Å². The number of rotatable bonds is 8. The van der Waals surface area contributed by atoms with Gasteiger partial charge in [-0.25, -0.2) is 4.39 Å². The third-order valence-corrected chi connectivity index (χ3v) is 5.83. The molecule has 32 heavy (non-hydrogen) atoms. The number of carbonyl (C=O) groups is 1. The van der Waals surface area contributed by atoms with Gasteiger partial charge in [0.15, 0.2) is 18.1 Å². The molecule has 2 aromatic rings. The lowest BCUT2D eigenvalue weighted by atomic mass is 10.1. The van der Waals surface area contributed by atoms with E-state index in [-0.39, 0.29) is 30.4 Å². The molecule has 0 spiro atoms. The molecule has 2 aromatic carbocycles. The molecule has 2 N–H and O–H groups in total. The summed E-state index contributed by atoms with van der Waals surface area (Å²) < 4.78 is 24.2. The maximum Gasteiger partial charge on any atom is 0.260 e. The Balaban J connectivity index is 1.58. The number of carbonyl (C=O) groups excluding carboxylic acids is 1. The van der Waals surface area contributed by atoms with Crippen LogP contribution in [0.15, 0.2) is 42.5 Å². The van der Waals surface area contributed by atoms with Crippen molar-refractivity contribution in [3.05, 3.63) is 59.4 Å². The van der Waals surface area contributed by atoms with Crippen LogP contribution in [0.1, 0.15) is 31.1 Å². The summed E-state index contributed by atoms with van der Waals surface area (Å²) in [5.41, 5.74) is 1.54. The number of hydrogen-bond acceptors (Lipinski definition) is 6. The van der Waals surface area contributed by atoms with E-state index < -0.39 is 12.7 Å². The Morgan fingerprint density at radius 3 is 2.50 bits per heavy atom. The molecular formula is C24H31FN2O5. The number of halogens is 1. The van der Waals surface area contributed by atoms with Crippen molar-refractivity contribution < 1.29 is 28.9 Å². The molecule has 3 atom stereocenters. The molecule has 1 amide bonds. The third kappa shape index (κ3) is 5.76. The quantitative estimate of drug-likeness (QED) is 0.648. The van der Waals surface area contributed by atoms with Gasteiger partial charge in [0.2, 0.25) is 0 Å². The molecule has 1 fully saturated rings. The van der Waals surface area contributed by atoms with Crippen molar-refractivity contribution in [3.8, 4) is 11.5 Å². The van der Waals surface area contributed by atoms with Crippen molar-refractivity contribution in [1.82, 2.24) is 9.80 Å². The van der Waals surface area contributed by atoms with Crippen LogP contribution in [0, 0.1) is 5.82 Å². The normalized spacial score (nSPS) is 20.1. The first kappa shape index (κ1) is 24.0. The molecule has 1 aliphatic rings. The van der Waals surface area contributed by atoms with E-state index in [2.05, 4.69) is 11.8 Å². The maximum absolute atomic E-state index is 13.2. The zero-order valence-electron chi connectivity index (χ0n) is 18.7. The zero-order chi connectivity index (χ0) is 23.3. The molecule has 0 aliphatic carbocycles. The number of nitrogens with zero attached hydrogens (tertiary/aromatic N) is 2. The number of hydrogen-bond donors (Lipinski definition) is 2. The lowest BCUT2D eigenvalue weighted by Crippen LogP contribution is -2.58. The lowest BCUT2D eigenvalue weighted by molar-refractivity contribution is -0.139. The monoisotopic (exact) mass is 446 g/mol. The minimum Gasteiger partial charge on any atom is -0.493 e. The Hall–Kier alpha value is -2.68. The first-order chi connectivity index (χ1) is 15.3. The summed E-state index contributed by atoms with van der Waals surface area (Å²) >= 11 is 0. The van der Waals surface area contributed by atoms with E-state index >= 15 is 0 Å². The van der Waals surface area contributed by atoms with Crippen molar-refractivity contribution >= 4 is 5.91 Å². The van der Waals surface area contributed by atoms with Crippen LogP contribution >= 0.6 is 0 Å². The van der Waals surface area contributed by atoms with E-state index in [1.165, 1.54) is 19.2 Å². The average molecular weight is 447 g/mol. The second-order valence-electron chi connectivity index (χ2n) is 8.20. The smallest absolute Gasteiger partial charge is 0.260 e. The molecule has 3 rings (SSSR count). The van der Waals surface area contributed by atoms with Crippen LogP contribution in [0.3, 0.4) is 0 Å². The molecule has 0 aromatic heterocycles. The lowest BCUT2D eigenvalue weighted by Gasteiger charge is -2.44. The fraction of sp³-hybridized carbons (Fsp3) is 0.458. The summed E-state index contributed by atoms with van der Waals surface area (Å²) in [5.74, 6) is 0.410. The number of aliphatic hydroxyl groups excluding tert-OH is 2. The molecule has 8 heteroatoms. The topological polar surface area (TPSA) is 82.5 Å². The van der Waals surface area contributed by atoms with Gasteiger partial charge < -0.3 is 24.6 Å². The molecule has 0 bridgehead atoms. The van der Waals surface area contributed by atoms with Crippen molar-refractivity contribution in [2.24, 2.45) is 0 Å². The highest BCUT2D eigenvalue weighted by molar-refractivity contribution is 5.78. The highest BCUT2D eigenvalue weighted by Gasteiger charge is 2.32. The van der Waals surface area contributed by atoms with Crippen LogP contribution < -0.4 is 9.47 Å². The van der Waals surface area contributed by atoms with Gasteiger partial charge in [0.1, 0.15) is 11.9 Å². The van der Waals surface area contributed by atoms with Crippen LogP contribution in [-0.2, 0) is 11.3 Å². The van der Waals surface area contributed by atoms with Gasteiger partial charge >= 0.3 is 0 Å². The molecule has 0 radical (unpaired) electrons. The summed E-state index contributed by atoms with van der Waals surface area (Å²) in [6.07, 6.45) is -1.01. The van der Waals surface area contributed by atoms with E-state index in [0.29, 0.717) is 36.7 Å².